The molecule has 0 bridgehead atoms. The van der Waals surface area contributed by atoms with Crippen LogP contribution in [0.3, 0.4) is 0 Å². The van der Waals surface area contributed by atoms with Gasteiger partial charge in [-0.2, -0.15) is 0 Å². The van der Waals surface area contributed by atoms with Crippen molar-refractivity contribution >= 4 is 17.6 Å². The van der Waals surface area contributed by atoms with Crippen molar-refractivity contribution in [1.82, 2.24) is 5.32 Å². The van der Waals surface area contributed by atoms with Gasteiger partial charge in [-0.1, -0.05) is 23.7 Å². The fourth-order valence-corrected chi connectivity index (χ4v) is 2.47. The van der Waals surface area contributed by atoms with Gasteiger partial charge in [0, 0.05) is 24.2 Å². The number of hydrogen-bond donors (Lipinski definition) is 2. The van der Waals surface area contributed by atoms with Crippen LogP contribution in [0, 0.1) is 0 Å². The van der Waals surface area contributed by atoms with Crippen LogP contribution in [0.4, 0.5) is 0 Å². The summed E-state index contributed by atoms with van der Waals surface area (Å²) in [6.07, 6.45) is 0. The van der Waals surface area contributed by atoms with Crippen molar-refractivity contribution in [2.24, 2.45) is 0 Å². The molecule has 0 aliphatic rings. The van der Waals surface area contributed by atoms with Crippen molar-refractivity contribution < 1.29 is 19.4 Å². The van der Waals surface area contributed by atoms with Gasteiger partial charge in [-0.3, -0.25) is 0 Å². The average Bonchev–Trinajstić information content (AvgIpc) is 2.58. The molecule has 2 rings (SSSR count). The lowest BCUT2D eigenvalue weighted by Crippen LogP contribution is -2.13. The van der Waals surface area contributed by atoms with Gasteiger partial charge in [0.2, 0.25) is 0 Å². The highest BCUT2D eigenvalue weighted by molar-refractivity contribution is 6.31. The fourth-order valence-electron chi connectivity index (χ4n) is 2.25. The number of ether oxygens (including phenoxy) is 2. The minimum atomic E-state index is -0.928. The molecule has 2 aromatic rings. The van der Waals surface area contributed by atoms with Crippen LogP contribution in [-0.2, 0) is 13.1 Å². The normalized spacial score (nSPS) is 10.5. The quantitative estimate of drug-likeness (QED) is 0.760. The molecule has 6 heteroatoms. The molecule has 0 atom stereocenters. The summed E-state index contributed by atoms with van der Waals surface area (Å²) in [4.78, 5) is 10.8. The van der Waals surface area contributed by atoms with Gasteiger partial charge in [0.05, 0.1) is 19.3 Å². The minimum Gasteiger partial charge on any atom is -0.493 e. The van der Waals surface area contributed by atoms with Crippen molar-refractivity contribution in [1.29, 1.82) is 0 Å². The Kier molecular flexibility index (Phi) is 6.46. The van der Waals surface area contributed by atoms with E-state index >= 15 is 0 Å². The van der Waals surface area contributed by atoms with Crippen molar-refractivity contribution in [3.8, 4) is 11.5 Å². The number of nitrogens with one attached hydrogen (secondary N) is 1. The molecule has 2 N–H and O–H groups in total. The molecule has 24 heavy (non-hydrogen) atoms. The third kappa shape index (κ3) is 4.63. The molecule has 0 saturated carbocycles. The SMILES string of the molecule is CCOc1cc(CNCc2ccc(C(=O)O)cc2)c(Cl)cc1OC. The van der Waals surface area contributed by atoms with E-state index in [9.17, 15) is 4.79 Å². The van der Waals surface area contributed by atoms with Gasteiger partial charge in [0.25, 0.3) is 0 Å². The molecule has 2 aromatic carbocycles. The summed E-state index contributed by atoms with van der Waals surface area (Å²) in [5, 5.41) is 12.8. The van der Waals surface area contributed by atoms with E-state index in [0.29, 0.717) is 36.2 Å². The zero-order valence-electron chi connectivity index (χ0n) is 13.6. The summed E-state index contributed by atoms with van der Waals surface area (Å²) in [5.74, 6) is 0.338. The second-order valence-electron chi connectivity index (χ2n) is 5.13. The van der Waals surface area contributed by atoms with Crippen LogP contribution >= 0.6 is 11.6 Å². The maximum Gasteiger partial charge on any atom is 0.335 e. The van der Waals surface area contributed by atoms with E-state index in [1.165, 1.54) is 0 Å². The third-order valence-corrected chi connectivity index (χ3v) is 3.83. The summed E-state index contributed by atoms with van der Waals surface area (Å²) in [5.41, 5.74) is 2.18. The fraction of sp³-hybridized carbons (Fsp3) is 0.278. The smallest absolute Gasteiger partial charge is 0.335 e. The summed E-state index contributed by atoms with van der Waals surface area (Å²) in [6, 6.07) is 10.4. The van der Waals surface area contributed by atoms with E-state index in [4.69, 9.17) is 26.2 Å². The Labute approximate surface area is 146 Å². The first-order valence-electron chi connectivity index (χ1n) is 7.57. The maximum atomic E-state index is 10.8. The van der Waals surface area contributed by atoms with Crippen LogP contribution in [0.5, 0.6) is 11.5 Å². The topological polar surface area (TPSA) is 67.8 Å². The lowest BCUT2D eigenvalue weighted by atomic mass is 10.1. The Hall–Kier alpha value is -2.24. The van der Waals surface area contributed by atoms with Crippen LogP contribution in [0.2, 0.25) is 5.02 Å². The minimum absolute atomic E-state index is 0.276. The molecule has 0 aliphatic heterocycles. The zero-order valence-corrected chi connectivity index (χ0v) is 14.4. The molecule has 128 valence electrons. The van der Waals surface area contributed by atoms with Gasteiger partial charge in [-0.25, -0.2) is 4.79 Å². The first kappa shape index (κ1) is 18.1. The van der Waals surface area contributed by atoms with Gasteiger partial charge in [-0.05, 0) is 36.2 Å². The highest BCUT2D eigenvalue weighted by Gasteiger charge is 2.10. The predicted molar refractivity (Wildman–Crippen MR) is 93.1 cm³/mol. The number of benzene rings is 2. The molecule has 0 spiro atoms. The number of carboxylic acid groups (broad SMARTS) is 1. The van der Waals surface area contributed by atoms with Crippen LogP contribution in [0.25, 0.3) is 0 Å². The van der Waals surface area contributed by atoms with E-state index in [0.717, 1.165) is 11.1 Å². The van der Waals surface area contributed by atoms with Crippen molar-refractivity contribution in [3.63, 3.8) is 0 Å². The zero-order chi connectivity index (χ0) is 17.5. The lowest BCUT2D eigenvalue weighted by Gasteiger charge is -2.13. The highest BCUT2D eigenvalue weighted by atomic mass is 35.5. The molecule has 0 unspecified atom stereocenters. The van der Waals surface area contributed by atoms with Crippen LogP contribution < -0.4 is 14.8 Å². The number of rotatable bonds is 8. The van der Waals surface area contributed by atoms with Crippen molar-refractivity contribution in [2.45, 2.75) is 20.0 Å². The Balaban J connectivity index is 2.00. The number of aromatic carboxylic acids is 1. The third-order valence-electron chi connectivity index (χ3n) is 3.48. The number of carboxylic acids is 1. The molecule has 0 aliphatic carbocycles. The van der Waals surface area contributed by atoms with Crippen molar-refractivity contribution in [2.75, 3.05) is 13.7 Å². The van der Waals surface area contributed by atoms with Crippen LogP contribution in [0.1, 0.15) is 28.4 Å². The number of hydrogen-bond acceptors (Lipinski definition) is 4. The molecular weight excluding hydrogens is 330 g/mol. The van der Waals surface area contributed by atoms with Crippen LogP contribution in [0.15, 0.2) is 36.4 Å². The molecule has 0 heterocycles. The Bertz CT molecular complexity index is 701. The molecular formula is C18H20ClNO4. The van der Waals surface area contributed by atoms with Gasteiger partial charge >= 0.3 is 5.97 Å². The monoisotopic (exact) mass is 349 g/mol. The van der Waals surface area contributed by atoms with Gasteiger partial charge in [0.1, 0.15) is 0 Å². The van der Waals surface area contributed by atoms with E-state index in [2.05, 4.69) is 5.32 Å². The van der Waals surface area contributed by atoms with Gasteiger partial charge in [0.15, 0.2) is 11.5 Å². The molecule has 0 saturated heterocycles. The van der Waals surface area contributed by atoms with Gasteiger partial charge in [-0.15, -0.1) is 0 Å². The number of methoxy groups -OCH3 is 1. The molecule has 0 fully saturated rings. The van der Waals surface area contributed by atoms with E-state index in [-0.39, 0.29) is 5.56 Å². The predicted octanol–water partition coefficient (Wildman–Crippen LogP) is 3.74. The first-order chi connectivity index (χ1) is 11.5. The average molecular weight is 350 g/mol. The molecule has 0 amide bonds. The number of halogens is 1. The second kappa shape index (κ2) is 8.57. The molecule has 5 nitrogen and oxygen atoms in total. The molecule has 0 aromatic heterocycles. The summed E-state index contributed by atoms with van der Waals surface area (Å²) >= 11 is 6.28. The van der Waals surface area contributed by atoms with Crippen LogP contribution in [-0.4, -0.2) is 24.8 Å². The number of carbonyl (C=O) groups is 1. The first-order valence-corrected chi connectivity index (χ1v) is 7.95. The van der Waals surface area contributed by atoms with E-state index in [1.807, 2.05) is 13.0 Å². The summed E-state index contributed by atoms with van der Waals surface area (Å²) in [7, 11) is 1.58. The standard InChI is InChI=1S/C18H20ClNO4/c1-3-24-17-8-14(15(19)9-16(17)23-2)11-20-10-12-4-6-13(7-5-12)18(21)22/h4-9,20H,3,10-11H2,1-2H3,(H,21,22). The molecule has 0 radical (unpaired) electrons. The lowest BCUT2D eigenvalue weighted by molar-refractivity contribution is 0.0697. The Morgan fingerprint density at radius 2 is 1.88 bits per heavy atom. The van der Waals surface area contributed by atoms with Crippen molar-refractivity contribution in [3.05, 3.63) is 58.1 Å². The Morgan fingerprint density at radius 3 is 2.46 bits per heavy atom. The van der Waals surface area contributed by atoms with E-state index in [1.54, 1.807) is 37.4 Å². The summed E-state index contributed by atoms with van der Waals surface area (Å²) < 4.78 is 10.8. The Morgan fingerprint density at radius 1 is 1.17 bits per heavy atom. The summed E-state index contributed by atoms with van der Waals surface area (Å²) in [6.45, 7) is 3.61. The van der Waals surface area contributed by atoms with Gasteiger partial charge < -0.3 is 19.9 Å². The van der Waals surface area contributed by atoms with E-state index < -0.39 is 5.97 Å². The highest BCUT2D eigenvalue weighted by Crippen LogP contribution is 2.33. The second-order valence-corrected chi connectivity index (χ2v) is 5.54. The largest absolute Gasteiger partial charge is 0.493 e. The maximum absolute atomic E-state index is 10.8.